The number of morpholine rings is 1. The molecule has 1 fully saturated rings. The molecule has 0 spiro atoms. The Morgan fingerprint density at radius 3 is 3.00 bits per heavy atom. The van der Waals surface area contributed by atoms with Crippen molar-refractivity contribution in [3.63, 3.8) is 0 Å². The zero-order chi connectivity index (χ0) is 19.2. The quantitative estimate of drug-likeness (QED) is 0.779. The summed E-state index contributed by atoms with van der Waals surface area (Å²) in [4.78, 5) is 16.4. The number of nitrogens with zero attached hydrogens (tertiary/aromatic N) is 4. The summed E-state index contributed by atoms with van der Waals surface area (Å²) in [7, 11) is 3.93. The van der Waals surface area contributed by atoms with Crippen LogP contribution in [0.4, 0.5) is 4.39 Å². The van der Waals surface area contributed by atoms with E-state index >= 15 is 0 Å². The summed E-state index contributed by atoms with van der Waals surface area (Å²) in [5.41, 5.74) is 1.38. The van der Waals surface area contributed by atoms with Crippen molar-refractivity contribution in [3.05, 3.63) is 48.0 Å². The van der Waals surface area contributed by atoms with Crippen molar-refractivity contribution in [2.24, 2.45) is 0 Å². The molecule has 3 rings (SSSR count). The van der Waals surface area contributed by atoms with E-state index in [-0.39, 0.29) is 11.7 Å². The minimum absolute atomic E-state index is 0.0800. The lowest BCUT2D eigenvalue weighted by Crippen LogP contribution is -2.50. The fourth-order valence-corrected chi connectivity index (χ4v) is 2.99. The Kier molecular flexibility index (Phi) is 6.54. The van der Waals surface area contributed by atoms with E-state index in [0.717, 1.165) is 18.7 Å². The van der Waals surface area contributed by atoms with Crippen molar-refractivity contribution in [2.45, 2.75) is 12.6 Å². The molecule has 0 radical (unpaired) electrons. The highest BCUT2D eigenvalue weighted by Crippen LogP contribution is 2.15. The molecule has 1 N–H and O–H groups in total. The average molecular weight is 375 g/mol. The van der Waals surface area contributed by atoms with Crippen LogP contribution in [0, 0.1) is 5.82 Å². The summed E-state index contributed by atoms with van der Waals surface area (Å²) in [5.74, 6) is -0.392. The van der Waals surface area contributed by atoms with E-state index < -0.39 is 6.10 Å². The third kappa shape index (κ3) is 5.35. The molecule has 27 heavy (non-hydrogen) atoms. The Labute approximate surface area is 158 Å². The van der Waals surface area contributed by atoms with Gasteiger partial charge in [-0.05, 0) is 26.2 Å². The molecular weight excluding hydrogens is 349 g/mol. The molecule has 0 aliphatic carbocycles. The minimum Gasteiger partial charge on any atom is -0.366 e. The van der Waals surface area contributed by atoms with Gasteiger partial charge < -0.3 is 15.0 Å². The summed E-state index contributed by atoms with van der Waals surface area (Å²) in [6.45, 7) is 3.80. The summed E-state index contributed by atoms with van der Waals surface area (Å²) in [5, 5.41) is 7.17. The summed E-state index contributed by atoms with van der Waals surface area (Å²) >= 11 is 0. The van der Waals surface area contributed by atoms with Crippen LogP contribution >= 0.6 is 0 Å². The number of carbonyl (C=O) groups excluding carboxylic acids is 1. The van der Waals surface area contributed by atoms with E-state index in [2.05, 4.69) is 15.3 Å². The fourth-order valence-electron chi connectivity index (χ4n) is 2.99. The molecule has 1 saturated heterocycles. The van der Waals surface area contributed by atoms with Crippen LogP contribution in [-0.4, -0.2) is 78.5 Å². The van der Waals surface area contributed by atoms with Crippen LogP contribution < -0.4 is 5.32 Å². The van der Waals surface area contributed by atoms with Gasteiger partial charge in [0.25, 0.3) is 5.91 Å². The molecule has 0 saturated carbocycles. The van der Waals surface area contributed by atoms with Gasteiger partial charge in [0.1, 0.15) is 17.6 Å². The summed E-state index contributed by atoms with van der Waals surface area (Å²) in [6, 6.07) is 6.54. The minimum atomic E-state index is -0.470. The Balaban J connectivity index is 1.55. The Bertz CT molecular complexity index is 764. The van der Waals surface area contributed by atoms with Crippen LogP contribution in [0.5, 0.6) is 0 Å². The number of nitrogens with one attached hydrogen (secondary N) is 1. The van der Waals surface area contributed by atoms with Gasteiger partial charge in [-0.25, -0.2) is 9.07 Å². The first-order chi connectivity index (χ1) is 13.0. The number of amides is 1. The normalized spacial score (nSPS) is 18.0. The number of rotatable bonds is 7. The zero-order valence-corrected chi connectivity index (χ0v) is 15.8. The lowest BCUT2D eigenvalue weighted by molar-refractivity contribution is -0.138. The highest BCUT2D eigenvalue weighted by molar-refractivity contribution is 5.81. The highest BCUT2D eigenvalue weighted by Gasteiger charge is 2.26. The number of benzene rings is 1. The van der Waals surface area contributed by atoms with Crippen molar-refractivity contribution >= 4 is 5.91 Å². The van der Waals surface area contributed by atoms with Crippen molar-refractivity contribution in [3.8, 4) is 5.69 Å². The Morgan fingerprint density at radius 1 is 1.41 bits per heavy atom. The molecule has 146 valence electrons. The van der Waals surface area contributed by atoms with Crippen LogP contribution in [0.3, 0.4) is 0 Å². The topological polar surface area (TPSA) is 62.6 Å². The van der Waals surface area contributed by atoms with E-state index in [4.69, 9.17) is 4.74 Å². The number of para-hydroxylation sites is 1. The molecule has 2 heterocycles. The number of hydrogen-bond acceptors (Lipinski definition) is 5. The first-order valence-electron chi connectivity index (χ1n) is 9.08. The van der Waals surface area contributed by atoms with Gasteiger partial charge >= 0.3 is 0 Å². The Hall–Kier alpha value is -2.29. The lowest BCUT2D eigenvalue weighted by Gasteiger charge is -2.31. The van der Waals surface area contributed by atoms with Gasteiger partial charge in [0.05, 0.1) is 12.8 Å². The third-order valence-electron chi connectivity index (χ3n) is 4.44. The maximum absolute atomic E-state index is 13.9. The highest BCUT2D eigenvalue weighted by atomic mass is 19.1. The van der Waals surface area contributed by atoms with E-state index in [9.17, 15) is 9.18 Å². The largest absolute Gasteiger partial charge is 0.366 e. The van der Waals surface area contributed by atoms with E-state index in [1.165, 1.54) is 10.7 Å². The van der Waals surface area contributed by atoms with Gasteiger partial charge in [-0.15, -0.1) is 0 Å². The van der Waals surface area contributed by atoms with E-state index in [1.807, 2.05) is 25.2 Å². The van der Waals surface area contributed by atoms with Gasteiger partial charge in [-0.1, -0.05) is 12.1 Å². The van der Waals surface area contributed by atoms with Gasteiger partial charge in [0.2, 0.25) is 0 Å². The van der Waals surface area contributed by atoms with Crippen LogP contribution in [0.1, 0.15) is 5.56 Å². The van der Waals surface area contributed by atoms with Gasteiger partial charge in [-0.2, -0.15) is 5.10 Å². The lowest BCUT2D eigenvalue weighted by atomic mass is 10.2. The molecule has 1 aliphatic rings. The predicted molar refractivity (Wildman–Crippen MR) is 100 cm³/mol. The van der Waals surface area contributed by atoms with Gasteiger partial charge in [0, 0.05) is 44.5 Å². The zero-order valence-electron chi connectivity index (χ0n) is 15.8. The van der Waals surface area contributed by atoms with Crippen LogP contribution in [0.15, 0.2) is 36.7 Å². The van der Waals surface area contributed by atoms with Crippen molar-refractivity contribution < 1.29 is 13.9 Å². The number of hydrogen-bond donors (Lipinski definition) is 1. The first kappa shape index (κ1) is 19.5. The number of halogens is 1. The monoisotopic (exact) mass is 375 g/mol. The molecule has 1 atom stereocenters. The molecule has 1 aromatic carbocycles. The third-order valence-corrected chi connectivity index (χ3v) is 4.44. The average Bonchev–Trinajstić information content (AvgIpc) is 3.10. The predicted octanol–water partition coefficient (Wildman–Crippen LogP) is 0.890. The smallest absolute Gasteiger partial charge is 0.250 e. The molecule has 2 aromatic rings. The van der Waals surface area contributed by atoms with E-state index in [0.29, 0.717) is 31.9 Å². The standard InChI is InChI=1S/C19H26FN5O2/c1-23(2)8-7-21-19(26)18-14-24(9-10-27-18)12-15-11-22-25(13-15)17-6-4-3-5-16(17)20/h3-6,11,13,18H,7-10,12,14H2,1-2H3,(H,21,26)/t18-/m0/s1. The van der Waals surface area contributed by atoms with Crippen molar-refractivity contribution in [2.75, 3.05) is 46.9 Å². The molecule has 1 aliphatic heterocycles. The van der Waals surface area contributed by atoms with Crippen LogP contribution in [0.25, 0.3) is 5.69 Å². The second-order valence-electron chi connectivity index (χ2n) is 6.93. The number of ether oxygens (including phenoxy) is 1. The SMILES string of the molecule is CN(C)CCNC(=O)[C@@H]1CN(Cc2cnn(-c3ccccc3F)c2)CCO1. The van der Waals surface area contributed by atoms with E-state index in [1.54, 1.807) is 24.4 Å². The summed E-state index contributed by atoms with van der Waals surface area (Å²) in [6.07, 6.45) is 3.08. The number of carbonyl (C=O) groups is 1. The number of likely N-dealkylation sites (N-methyl/N-ethyl adjacent to an activating group) is 1. The van der Waals surface area contributed by atoms with Crippen LogP contribution in [0.2, 0.25) is 0 Å². The van der Waals surface area contributed by atoms with Crippen LogP contribution in [-0.2, 0) is 16.1 Å². The Morgan fingerprint density at radius 2 is 2.22 bits per heavy atom. The fraction of sp³-hybridized carbons (Fsp3) is 0.474. The molecule has 0 bridgehead atoms. The molecule has 1 aromatic heterocycles. The van der Waals surface area contributed by atoms with Crippen molar-refractivity contribution in [1.29, 1.82) is 0 Å². The van der Waals surface area contributed by atoms with Gasteiger partial charge in [0.15, 0.2) is 0 Å². The second-order valence-corrected chi connectivity index (χ2v) is 6.93. The molecule has 0 unspecified atom stereocenters. The summed E-state index contributed by atoms with van der Waals surface area (Å²) < 4.78 is 21.1. The first-order valence-corrected chi connectivity index (χ1v) is 9.08. The maximum atomic E-state index is 13.9. The maximum Gasteiger partial charge on any atom is 0.250 e. The number of aromatic nitrogens is 2. The molecule has 8 heteroatoms. The molecule has 7 nitrogen and oxygen atoms in total. The second kappa shape index (κ2) is 9.07. The molecular formula is C19H26FN5O2. The molecule has 1 amide bonds. The van der Waals surface area contributed by atoms with Gasteiger partial charge in [-0.3, -0.25) is 9.69 Å². The van der Waals surface area contributed by atoms with Crippen molar-refractivity contribution in [1.82, 2.24) is 24.9 Å².